The van der Waals surface area contributed by atoms with E-state index in [1.807, 2.05) is 0 Å². The fourth-order valence-corrected chi connectivity index (χ4v) is 0. The van der Waals surface area contributed by atoms with Crippen LogP contribution in [-0.2, 0) is 0 Å². The Balaban J connectivity index is 3.17. The predicted octanol–water partition coefficient (Wildman–Crippen LogP) is 1.30. The van der Waals surface area contributed by atoms with Crippen molar-refractivity contribution in [2.24, 2.45) is 0 Å². The van der Waals surface area contributed by atoms with Crippen molar-refractivity contribution in [2.45, 2.75) is 19.6 Å². The third kappa shape index (κ3) is 4.91. The quantitative estimate of drug-likeness (QED) is 0.424. The summed E-state index contributed by atoms with van der Waals surface area (Å²) in [5, 5.41) is 0. The lowest BCUT2D eigenvalue weighted by Crippen LogP contribution is -2.25. The Morgan fingerprint density at radius 1 is 1.33 bits per heavy atom. The summed E-state index contributed by atoms with van der Waals surface area (Å²) in [6, 6.07) is 0. The van der Waals surface area contributed by atoms with Crippen LogP contribution in [0.5, 0.6) is 0 Å². The molecule has 6 heavy (non-hydrogen) atoms. The first-order valence-electron chi connectivity index (χ1n) is 2.12. The fraction of sp³-hybridized carbons (Fsp3) is 1.00. The summed E-state index contributed by atoms with van der Waals surface area (Å²) in [5.74, 6) is 0. The second kappa shape index (κ2) is 2.28. The van der Waals surface area contributed by atoms with E-state index in [0.717, 1.165) is 0 Å². The van der Waals surface area contributed by atoms with E-state index in [9.17, 15) is 0 Å². The van der Waals surface area contributed by atoms with E-state index >= 15 is 0 Å². The molecule has 0 aromatic carbocycles. The van der Waals surface area contributed by atoms with Gasteiger partial charge >= 0.3 is 0 Å². The fourth-order valence-electron chi connectivity index (χ4n) is 0. The van der Waals surface area contributed by atoms with Crippen LogP contribution in [0.15, 0.2) is 0 Å². The molecule has 0 atom stereocenters. The van der Waals surface area contributed by atoms with E-state index in [4.69, 9.17) is 0 Å². The third-order valence-corrected chi connectivity index (χ3v) is 18.7. The minimum absolute atomic E-state index is 0.204. The summed E-state index contributed by atoms with van der Waals surface area (Å²) in [6.45, 7) is 7.19. The second-order valence-corrected chi connectivity index (χ2v) is 20.3. The molecular weight excluding hydrogens is 172 g/mol. The zero-order chi connectivity index (χ0) is 5.21. The molecule has 0 amide bonds. The van der Waals surface area contributed by atoms with Gasteiger partial charge in [-0.05, 0) is 0 Å². The lowest BCUT2D eigenvalue weighted by atomic mass is 11.8. The average Bonchev–Trinajstić information content (AvgIpc) is 1.35. The first-order valence-corrected chi connectivity index (χ1v) is 11.8. The summed E-state index contributed by atoms with van der Waals surface area (Å²) >= 11 is 3.57. The van der Waals surface area contributed by atoms with Crippen LogP contribution in [0, 0.1) is 0 Å². The van der Waals surface area contributed by atoms with Crippen molar-refractivity contribution < 1.29 is 0 Å². The largest absolute Gasteiger partial charge is 0.139 e. The maximum absolute atomic E-state index is 3.57. The Labute approximate surface area is 50.5 Å². The topological polar surface area (TPSA) is 0 Å². The van der Waals surface area contributed by atoms with E-state index in [-0.39, 0.29) is 7.66 Å². The Morgan fingerprint density at radius 2 is 1.50 bits per heavy atom. The van der Waals surface area contributed by atoms with Crippen molar-refractivity contribution >= 4 is 30.5 Å². The Morgan fingerprint density at radius 3 is 1.50 bits per heavy atom. The lowest BCUT2D eigenvalue weighted by Gasteiger charge is -2.07. The summed E-state index contributed by atoms with van der Waals surface area (Å²) < 4.78 is 0. The van der Waals surface area contributed by atoms with Gasteiger partial charge in [0.25, 0.3) is 0 Å². The molecule has 0 unspecified atom stereocenters. The van der Waals surface area contributed by atoms with Gasteiger partial charge in [0.05, 0.1) is 7.66 Å². The summed E-state index contributed by atoms with van der Waals surface area (Å²) in [6.07, 6.45) is 0. The molecule has 0 N–H and O–H groups in total. The van der Waals surface area contributed by atoms with Gasteiger partial charge in [0.15, 0.2) is 0 Å². The van der Waals surface area contributed by atoms with E-state index in [1.54, 1.807) is 0 Å². The monoisotopic (exact) mass is 182 g/mol. The van der Waals surface area contributed by atoms with Crippen LogP contribution in [-0.4, -0.2) is 15.2 Å². The minimum Gasteiger partial charge on any atom is -0.139 e. The van der Waals surface area contributed by atoms with Crippen LogP contribution in [0.4, 0.5) is 0 Å². The smallest absolute Gasteiger partial charge is 0.0912 e. The molecule has 0 radical (unpaired) electrons. The lowest BCUT2D eigenvalue weighted by molar-refractivity contribution is 1.87. The van der Waals surface area contributed by atoms with Crippen molar-refractivity contribution in [1.29, 1.82) is 0 Å². The van der Waals surface area contributed by atoms with Gasteiger partial charge in [-0.15, -0.1) is 15.3 Å². The molecule has 0 heterocycles. The first-order chi connectivity index (χ1) is 2.56. The molecule has 0 spiro atoms. The summed E-state index contributed by atoms with van der Waals surface area (Å²) in [7, 11) is -0.372. The van der Waals surface area contributed by atoms with Gasteiger partial charge in [-0.3, -0.25) is 0 Å². The highest BCUT2D eigenvalue weighted by Gasteiger charge is 2.09. The molecule has 38 valence electrons. The molecule has 0 aliphatic carbocycles. The van der Waals surface area contributed by atoms with Crippen molar-refractivity contribution in [3.63, 3.8) is 0 Å². The van der Waals surface area contributed by atoms with Gasteiger partial charge < -0.3 is 0 Å². The molecule has 0 bridgehead atoms. The number of halogens is 1. The normalized spacial score (nSPS) is 14.0. The van der Waals surface area contributed by atoms with Crippen LogP contribution < -0.4 is 0 Å². The molecule has 0 aromatic heterocycles. The van der Waals surface area contributed by atoms with E-state index in [2.05, 4.69) is 34.9 Å². The third-order valence-electron chi connectivity index (χ3n) is 0.401. The number of rotatable bonds is 1. The highest BCUT2D eigenvalue weighted by atomic mass is 79.9. The SMILES string of the molecule is C[Si](C)(C)[SiH2]Br. The zero-order valence-corrected chi connectivity index (χ0v) is 8.59. The van der Waals surface area contributed by atoms with Crippen LogP contribution in [0.25, 0.3) is 0 Å². The van der Waals surface area contributed by atoms with Gasteiger partial charge in [-0.25, -0.2) is 0 Å². The molecule has 0 aliphatic rings. The zero-order valence-electron chi connectivity index (χ0n) is 4.59. The molecule has 0 saturated carbocycles. The Hall–Kier alpha value is 0.914. The molecule has 0 fully saturated rings. The van der Waals surface area contributed by atoms with Crippen LogP contribution in [0.2, 0.25) is 19.6 Å². The minimum atomic E-state index is -0.576. The molecule has 3 heteroatoms. The summed E-state index contributed by atoms with van der Waals surface area (Å²) in [4.78, 5) is 0. The van der Waals surface area contributed by atoms with E-state index < -0.39 is 7.59 Å². The van der Waals surface area contributed by atoms with Crippen LogP contribution in [0.1, 0.15) is 0 Å². The Kier molecular flexibility index (Phi) is 2.63. The molecule has 0 nitrogen and oxygen atoms in total. The standard InChI is InChI=1S/C3H11BrSi2/c1-6(2,3)5-4/h5H2,1-3H3. The van der Waals surface area contributed by atoms with Gasteiger partial charge in [0.2, 0.25) is 0 Å². The Bertz CT molecular complexity index is 38.5. The maximum Gasteiger partial charge on any atom is 0.0912 e. The van der Waals surface area contributed by atoms with Crippen molar-refractivity contribution in [3.05, 3.63) is 0 Å². The molecule has 0 saturated heterocycles. The van der Waals surface area contributed by atoms with E-state index in [0.29, 0.717) is 0 Å². The van der Waals surface area contributed by atoms with Crippen molar-refractivity contribution in [2.75, 3.05) is 0 Å². The van der Waals surface area contributed by atoms with Crippen LogP contribution >= 0.6 is 15.3 Å². The molecule has 0 aliphatic heterocycles. The van der Waals surface area contributed by atoms with Crippen molar-refractivity contribution in [3.8, 4) is 0 Å². The predicted molar refractivity (Wildman–Crippen MR) is 40.8 cm³/mol. The van der Waals surface area contributed by atoms with Crippen LogP contribution in [0.3, 0.4) is 0 Å². The van der Waals surface area contributed by atoms with Gasteiger partial charge in [0.1, 0.15) is 0 Å². The average molecular weight is 183 g/mol. The highest BCUT2D eigenvalue weighted by Crippen LogP contribution is 1.99. The van der Waals surface area contributed by atoms with Gasteiger partial charge in [-0.1, -0.05) is 19.6 Å². The number of hydrogen-bond donors (Lipinski definition) is 0. The first kappa shape index (κ1) is 6.91. The number of hydrogen-bond acceptors (Lipinski definition) is 0. The molecular formula is C3H11BrSi2. The van der Waals surface area contributed by atoms with Crippen molar-refractivity contribution in [1.82, 2.24) is 0 Å². The second-order valence-electron chi connectivity index (χ2n) is 2.69. The molecule has 0 aromatic rings. The van der Waals surface area contributed by atoms with Gasteiger partial charge in [0, 0.05) is 7.59 Å². The van der Waals surface area contributed by atoms with Gasteiger partial charge in [-0.2, -0.15) is 0 Å². The highest BCUT2D eigenvalue weighted by molar-refractivity contribution is 9.24. The van der Waals surface area contributed by atoms with E-state index in [1.165, 1.54) is 0 Å². The maximum atomic E-state index is 3.57. The summed E-state index contributed by atoms with van der Waals surface area (Å²) in [5.41, 5.74) is 0. The molecule has 0 rings (SSSR count).